The molecule has 3 nitrogen and oxygen atoms in total. The maximum Gasteiger partial charge on any atom is 0.164 e. The molecular formula is C14H17NO2S. The fraction of sp³-hybridized carbons (Fsp3) is 0.286. The molecule has 0 unspecified atom stereocenters. The van der Waals surface area contributed by atoms with Crippen molar-refractivity contribution in [3.05, 3.63) is 46.2 Å². The second-order valence-electron chi connectivity index (χ2n) is 3.91. The van der Waals surface area contributed by atoms with Gasteiger partial charge in [0.2, 0.25) is 0 Å². The Labute approximate surface area is 111 Å². The molecule has 18 heavy (non-hydrogen) atoms. The van der Waals surface area contributed by atoms with Crippen LogP contribution in [0.5, 0.6) is 11.5 Å². The molecule has 0 radical (unpaired) electrons. The van der Waals surface area contributed by atoms with Crippen molar-refractivity contribution in [2.75, 3.05) is 13.7 Å². The molecule has 2 aromatic rings. The van der Waals surface area contributed by atoms with Crippen LogP contribution in [-0.2, 0) is 13.0 Å². The first-order valence-electron chi connectivity index (χ1n) is 5.85. The molecule has 0 spiro atoms. The van der Waals surface area contributed by atoms with E-state index < -0.39 is 0 Å². The molecule has 96 valence electrons. The van der Waals surface area contributed by atoms with Crippen LogP contribution < -0.4 is 15.2 Å². The second kappa shape index (κ2) is 6.42. The van der Waals surface area contributed by atoms with Crippen LogP contribution in [0.15, 0.2) is 35.0 Å². The van der Waals surface area contributed by atoms with Crippen molar-refractivity contribution >= 4 is 11.3 Å². The zero-order valence-electron chi connectivity index (χ0n) is 10.4. The summed E-state index contributed by atoms with van der Waals surface area (Å²) in [6, 6.07) is 7.95. The first kappa shape index (κ1) is 12.9. The van der Waals surface area contributed by atoms with Crippen molar-refractivity contribution in [3.8, 4) is 11.5 Å². The van der Waals surface area contributed by atoms with Crippen LogP contribution in [0.4, 0.5) is 0 Å². The molecule has 2 rings (SSSR count). The number of ether oxygens (including phenoxy) is 2. The van der Waals surface area contributed by atoms with Crippen LogP contribution in [0.25, 0.3) is 0 Å². The van der Waals surface area contributed by atoms with Crippen LogP contribution >= 0.6 is 11.3 Å². The summed E-state index contributed by atoms with van der Waals surface area (Å²) in [6.07, 6.45) is 0.788. The van der Waals surface area contributed by atoms with Gasteiger partial charge in [-0.25, -0.2) is 0 Å². The highest BCUT2D eigenvalue weighted by Crippen LogP contribution is 2.32. The summed E-state index contributed by atoms with van der Waals surface area (Å²) in [7, 11) is 1.65. The molecule has 0 saturated carbocycles. The summed E-state index contributed by atoms with van der Waals surface area (Å²) < 4.78 is 11.2. The number of rotatable bonds is 6. The lowest BCUT2D eigenvalue weighted by Crippen LogP contribution is -2.06. The second-order valence-corrected chi connectivity index (χ2v) is 4.69. The van der Waals surface area contributed by atoms with E-state index in [0.717, 1.165) is 23.5 Å². The minimum absolute atomic E-state index is 0.557. The SMILES string of the molecule is COc1cccc(CCN)c1OCc1ccsc1. The Balaban J connectivity index is 2.18. The topological polar surface area (TPSA) is 44.5 Å². The lowest BCUT2D eigenvalue weighted by molar-refractivity contribution is 0.282. The normalized spacial score (nSPS) is 10.3. The molecule has 2 N–H and O–H groups in total. The highest BCUT2D eigenvalue weighted by atomic mass is 32.1. The maximum absolute atomic E-state index is 5.88. The number of hydrogen-bond acceptors (Lipinski definition) is 4. The third-order valence-corrected chi connectivity index (χ3v) is 3.39. The fourth-order valence-electron chi connectivity index (χ4n) is 1.77. The predicted molar refractivity (Wildman–Crippen MR) is 74.4 cm³/mol. The summed E-state index contributed by atoms with van der Waals surface area (Å²) in [4.78, 5) is 0. The lowest BCUT2D eigenvalue weighted by atomic mass is 10.1. The molecular weight excluding hydrogens is 246 g/mol. The molecule has 0 aliphatic heterocycles. The Morgan fingerprint density at radius 3 is 2.83 bits per heavy atom. The molecule has 1 aromatic heterocycles. The zero-order chi connectivity index (χ0) is 12.8. The largest absolute Gasteiger partial charge is 0.493 e. The van der Waals surface area contributed by atoms with Gasteiger partial charge >= 0.3 is 0 Å². The number of thiophene rings is 1. The summed E-state index contributed by atoms with van der Waals surface area (Å²) >= 11 is 1.67. The summed E-state index contributed by atoms with van der Waals surface area (Å²) in [6.45, 7) is 1.16. The van der Waals surface area contributed by atoms with Gasteiger partial charge in [-0.05, 0) is 47.0 Å². The first-order chi connectivity index (χ1) is 8.85. The third-order valence-electron chi connectivity index (χ3n) is 2.66. The summed E-state index contributed by atoms with van der Waals surface area (Å²) in [5.74, 6) is 1.56. The highest BCUT2D eigenvalue weighted by molar-refractivity contribution is 7.07. The van der Waals surface area contributed by atoms with Crippen LogP contribution in [0.1, 0.15) is 11.1 Å². The lowest BCUT2D eigenvalue weighted by Gasteiger charge is -2.14. The summed E-state index contributed by atoms with van der Waals surface area (Å²) in [5, 5.41) is 4.12. The van der Waals surface area contributed by atoms with Crippen molar-refractivity contribution in [1.29, 1.82) is 0 Å². The smallest absolute Gasteiger partial charge is 0.164 e. The molecule has 0 bridgehead atoms. The average Bonchev–Trinajstić information content (AvgIpc) is 2.90. The van der Waals surface area contributed by atoms with Crippen LogP contribution in [0, 0.1) is 0 Å². The number of hydrogen-bond donors (Lipinski definition) is 1. The zero-order valence-corrected chi connectivity index (χ0v) is 11.2. The van der Waals surface area contributed by atoms with E-state index in [4.69, 9.17) is 15.2 Å². The number of nitrogens with two attached hydrogens (primary N) is 1. The summed E-state index contributed by atoms with van der Waals surface area (Å²) in [5.41, 5.74) is 7.88. The Morgan fingerprint density at radius 1 is 1.28 bits per heavy atom. The van der Waals surface area contributed by atoms with E-state index in [0.29, 0.717) is 13.2 Å². The fourth-order valence-corrected chi connectivity index (χ4v) is 2.42. The molecule has 4 heteroatoms. The molecule has 0 amide bonds. The molecule has 0 fully saturated rings. The van der Waals surface area contributed by atoms with Crippen molar-refractivity contribution in [1.82, 2.24) is 0 Å². The van der Waals surface area contributed by atoms with Gasteiger partial charge in [0, 0.05) is 0 Å². The molecule has 0 atom stereocenters. The molecule has 1 aromatic carbocycles. The minimum Gasteiger partial charge on any atom is -0.493 e. The van der Waals surface area contributed by atoms with Crippen LogP contribution in [0.2, 0.25) is 0 Å². The van der Waals surface area contributed by atoms with E-state index in [-0.39, 0.29) is 0 Å². The molecule has 1 heterocycles. The van der Waals surface area contributed by atoms with Gasteiger partial charge in [0.05, 0.1) is 7.11 Å². The van der Waals surface area contributed by atoms with E-state index in [1.165, 1.54) is 5.56 Å². The van der Waals surface area contributed by atoms with Gasteiger partial charge in [0.25, 0.3) is 0 Å². The minimum atomic E-state index is 0.557. The van der Waals surface area contributed by atoms with Crippen LogP contribution in [0.3, 0.4) is 0 Å². The Hall–Kier alpha value is -1.52. The maximum atomic E-state index is 5.88. The van der Waals surface area contributed by atoms with E-state index in [2.05, 4.69) is 11.4 Å². The molecule has 0 aliphatic carbocycles. The van der Waals surface area contributed by atoms with Gasteiger partial charge in [0.15, 0.2) is 11.5 Å². The van der Waals surface area contributed by atoms with Gasteiger partial charge < -0.3 is 15.2 Å². The van der Waals surface area contributed by atoms with Crippen LogP contribution in [-0.4, -0.2) is 13.7 Å². The third kappa shape index (κ3) is 3.03. The van der Waals surface area contributed by atoms with Gasteiger partial charge in [0.1, 0.15) is 6.61 Å². The number of benzene rings is 1. The average molecular weight is 263 g/mol. The van der Waals surface area contributed by atoms with Crippen molar-refractivity contribution in [3.63, 3.8) is 0 Å². The Bertz CT molecular complexity index is 483. The quantitative estimate of drug-likeness (QED) is 0.871. The monoisotopic (exact) mass is 263 g/mol. The highest BCUT2D eigenvalue weighted by Gasteiger charge is 2.10. The van der Waals surface area contributed by atoms with Crippen molar-refractivity contribution < 1.29 is 9.47 Å². The van der Waals surface area contributed by atoms with Gasteiger partial charge in [-0.3, -0.25) is 0 Å². The number of para-hydroxylation sites is 1. The van der Waals surface area contributed by atoms with Crippen molar-refractivity contribution in [2.24, 2.45) is 5.73 Å². The van der Waals surface area contributed by atoms with E-state index in [9.17, 15) is 0 Å². The van der Waals surface area contributed by atoms with E-state index in [1.54, 1.807) is 18.4 Å². The molecule has 0 aliphatic rings. The van der Waals surface area contributed by atoms with Gasteiger partial charge in [-0.15, -0.1) is 0 Å². The van der Waals surface area contributed by atoms with E-state index >= 15 is 0 Å². The van der Waals surface area contributed by atoms with Crippen molar-refractivity contribution in [2.45, 2.75) is 13.0 Å². The standard InChI is InChI=1S/C14H17NO2S/c1-16-13-4-2-3-12(5-7-15)14(13)17-9-11-6-8-18-10-11/h2-4,6,8,10H,5,7,9,15H2,1H3. The van der Waals surface area contributed by atoms with Gasteiger partial charge in [-0.1, -0.05) is 12.1 Å². The predicted octanol–water partition coefficient (Wildman–Crippen LogP) is 2.84. The van der Waals surface area contributed by atoms with E-state index in [1.807, 2.05) is 23.6 Å². The Kier molecular flexibility index (Phi) is 4.61. The molecule has 0 saturated heterocycles. The first-order valence-corrected chi connectivity index (χ1v) is 6.79. The number of methoxy groups -OCH3 is 1. The Morgan fingerprint density at radius 2 is 2.17 bits per heavy atom. The van der Waals surface area contributed by atoms with Gasteiger partial charge in [-0.2, -0.15) is 11.3 Å².